The third kappa shape index (κ3) is 3.97. The van der Waals surface area contributed by atoms with Crippen LogP contribution in [0, 0.1) is 0 Å². The monoisotopic (exact) mass is 374 g/mol. The number of ether oxygens (including phenoxy) is 1. The lowest BCUT2D eigenvalue weighted by atomic mass is 9.99. The zero-order valence-corrected chi connectivity index (χ0v) is 16.2. The summed E-state index contributed by atoms with van der Waals surface area (Å²) in [6.07, 6.45) is 0. The van der Waals surface area contributed by atoms with E-state index in [4.69, 9.17) is 4.74 Å². The molecule has 4 nitrogen and oxygen atoms in total. The molecule has 0 amide bonds. The van der Waals surface area contributed by atoms with Gasteiger partial charge in [0, 0.05) is 32.7 Å². The van der Waals surface area contributed by atoms with E-state index in [9.17, 15) is 5.11 Å². The van der Waals surface area contributed by atoms with Gasteiger partial charge in [-0.3, -0.25) is 4.90 Å². The van der Waals surface area contributed by atoms with Crippen molar-refractivity contribution < 1.29 is 9.84 Å². The minimum absolute atomic E-state index is 0.300. The van der Waals surface area contributed by atoms with Crippen molar-refractivity contribution in [2.75, 3.05) is 38.2 Å². The van der Waals surface area contributed by atoms with Gasteiger partial charge in [0.05, 0.1) is 12.8 Å². The summed E-state index contributed by atoms with van der Waals surface area (Å²) in [4.78, 5) is 4.91. The van der Waals surface area contributed by atoms with Gasteiger partial charge in [-0.25, -0.2) is 0 Å². The topological polar surface area (TPSA) is 35.9 Å². The van der Waals surface area contributed by atoms with Crippen molar-refractivity contribution in [3.63, 3.8) is 0 Å². The third-order valence-corrected chi connectivity index (χ3v) is 5.39. The molecule has 1 heterocycles. The smallest absolute Gasteiger partial charge is 0.142 e. The van der Waals surface area contributed by atoms with E-state index in [0.29, 0.717) is 5.75 Å². The second kappa shape index (κ2) is 8.36. The van der Waals surface area contributed by atoms with E-state index in [0.717, 1.165) is 44.0 Å². The summed E-state index contributed by atoms with van der Waals surface area (Å²) in [5, 5.41) is 9.57. The van der Waals surface area contributed by atoms with Crippen molar-refractivity contribution in [2.45, 2.75) is 6.54 Å². The summed E-state index contributed by atoms with van der Waals surface area (Å²) in [5.74, 6) is 1.24. The van der Waals surface area contributed by atoms with Gasteiger partial charge in [0.2, 0.25) is 0 Å². The quantitative estimate of drug-likeness (QED) is 0.718. The highest BCUT2D eigenvalue weighted by Gasteiger charge is 2.20. The van der Waals surface area contributed by atoms with E-state index in [1.165, 1.54) is 16.8 Å². The molecule has 3 aromatic rings. The average molecular weight is 374 g/mol. The van der Waals surface area contributed by atoms with Gasteiger partial charge in [-0.15, -0.1) is 0 Å². The molecule has 1 saturated heterocycles. The van der Waals surface area contributed by atoms with Crippen molar-refractivity contribution in [2.24, 2.45) is 0 Å². The number of aromatic hydroxyl groups is 1. The van der Waals surface area contributed by atoms with E-state index in [2.05, 4.69) is 46.2 Å². The van der Waals surface area contributed by atoms with Crippen LogP contribution < -0.4 is 9.64 Å². The molecule has 1 fully saturated rings. The highest BCUT2D eigenvalue weighted by Crippen LogP contribution is 2.30. The Morgan fingerprint density at radius 3 is 2.25 bits per heavy atom. The normalized spacial score (nSPS) is 14.8. The van der Waals surface area contributed by atoms with E-state index < -0.39 is 0 Å². The number of phenols is 1. The predicted octanol–water partition coefficient (Wildman–Crippen LogP) is 4.39. The van der Waals surface area contributed by atoms with Crippen LogP contribution in [0.3, 0.4) is 0 Å². The Hall–Kier alpha value is -2.98. The zero-order valence-electron chi connectivity index (χ0n) is 16.2. The molecule has 0 radical (unpaired) electrons. The second-order valence-electron chi connectivity index (χ2n) is 7.14. The fraction of sp³-hybridized carbons (Fsp3) is 0.250. The molecular formula is C24H26N2O2. The number of hydrogen-bond acceptors (Lipinski definition) is 4. The second-order valence-corrected chi connectivity index (χ2v) is 7.14. The number of para-hydroxylation sites is 2. The molecule has 4 heteroatoms. The molecule has 144 valence electrons. The maximum atomic E-state index is 9.57. The molecule has 4 rings (SSSR count). The lowest BCUT2D eigenvalue weighted by Gasteiger charge is -2.37. The van der Waals surface area contributed by atoms with Crippen LogP contribution in [0.2, 0.25) is 0 Å². The van der Waals surface area contributed by atoms with Gasteiger partial charge >= 0.3 is 0 Å². The van der Waals surface area contributed by atoms with Gasteiger partial charge in [-0.1, -0.05) is 48.5 Å². The largest absolute Gasteiger partial charge is 0.508 e. The Bertz CT molecular complexity index is 916. The maximum absolute atomic E-state index is 9.57. The zero-order chi connectivity index (χ0) is 19.3. The first-order chi connectivity index (χ1) is 13.7. The van der Waals surface area contributed by atoms with E-state index in [1.54, 1.807) is 19.2 Å². The first-order valence-corrected chi connectivity index (χ1v) is 9.72. The van der Waals surface area contributed by atoms with Crippen molar-refractivity contribution >= 4 is 5.69 Å². The Kier molecular flexibility index (Phi) is 5.49. The van der Waals surface area contributed by atoms with E-state index in [-0.39, 0.29) is 0 Å². The van der Waals surface area contributed by atoms with E-state index >= 15 is 0 Å². The number of nitrogens with zero attached hydrogens (tertiary/aromatic N) is 2. The summed E-state index contributed by atoms with van der Waals surface area (Å²) in [7, 11) is 1.73. The lowest BCUT2D eigenvalue weighted by molar-refractivity contribution is 0.249. The van der Waals surface area contributed by atoms with Crippen LogP contribution in [-0.2, 0) is 6.54 Å². The summed E-state index contributed by atoms with van der Waals surface area (Å²) >= 11 is 0. The fourth-order valence-electron chi connectivity index (χ4n) is 3.86. The van der Waals surface area contributed by atoms with Gasteiger partial charge < -0.3 is 14.7 Å². The third-order valence-electron chi connectivity index (χ3n) is 5.39. The Morgan fingerprint density at radius 1 is 0.821 bits per heavy atom. The molecule has 28 heavy (non-hydrogen) atoms. The highest BCUT2D eigenvalue weighted by atomic mass is 16.5. The molecule has 0 saturated carbocycles. The average Bonchev–Trinajstić information content (AvgIpc) is 2.75. The van der Waals surface area contributed by atoms with Crippen molar-refractivity contribution in [3.05, 3.63) is 78.4 Å². The Labute approximate surface area is 166 Å². The molecule has 0 aliphatic carbocycles. The summed E-state index contributed by atoms with van der Waals surface area (Å²) in [5.41, 5.74) is 4.86. The standard InChI is InChI=1S/C24H26N2O2/c1-28-24-9-5-4-8-23(24)26-16-14-25(15-17-26)18-20-6-2-3-7-22(20)19-10-12-21(27)13-11-19/h2-13,27H,14-18H2,1H3. The number of methoxy groups -OCH3 is 1. The van der Waals surface area contributed by atoms with Crippen LogP contribution in [0.15, 0.2) is 72.8 Å². The molecule has 1 aliphatic heterocycles. The van der Waals surface area contributed by atoms with Crippen LogP contribution >= 0.6 is 0 Å². The van der Waals surface area contributed by atoms with Crippen LogP contribution in [0.4, 0.5) is 5.69 Å². The van der Waals surface area contributed by atoms with Crippen LogP contribution in [0.1, 0.15) is 5.56 Å². The van der Waals surface area contributed by atoms with Gasteiger partial charge in [-0.05, 0) is 41.0 Å². The lowest BCUT2D eigenvalue weighted by Crippen LogP contribution is -2.46. The minimum Gasteiger partial charge on any atom is -0.508 e. The number of benzene rings is 3. The Balaban J connectivity index is 1.45. The van der Waals surface area contributed by atoms with E-state index in [1.807, 2.05) is 24.3 Å². The van der Waals surface area contributed by atoms with Crippen molar-refractivity contribution in [1.29, 1.82) is 0 Å². The SMILES string of the molecule is COc1ccccc1N1CCN(Cc2ccccc2-c2ccc(O)cc2)CC1. The molecule has 3 aromatic carbocycles. The summed E-state index contributed by atoms with van der Waals surface area (Å²) in [6, 6.07) is 24.2. The molecule has 0 aromatic heterocycles. The molecule has 0 atom stereocenters. The number of hydrogen-bond donors (Lipinski definition) is 1. The van der Waals surface area contributed by atoms with Gasteiger partial charge in [0.1, 0.15) is 11.5 Å². The molecule has 0 spiro atoms. The Morgan fingerprint density at radius 2 is 1.50 bits per heavy atom. The number of anilines is 1. The van der Waals surface area contributed by atoms with Gasteiger partial charge in [0.15, 0.2) is 0 Å². The van der Waals surface area contributed by atoms with Crippen molar-refractivity contribution in [1.82, 2.24) is 4.90 Å². The molecule has 1 N–H and O–H groups in total. The van der Waals surface area contributed by atoms with Crippen LogP contribution in [0.5, 0.6) is 11.5 Å². The minimum atomic E-state index is 0.300. The molecular weight excluding hydrogens is 348 g/mol. The predicted molar refractivity (Wildman–Crippen MR) is 114 cm³/mol. The van der Waals surface area contributed by atoms with Crippen LogP contribution in [0.25, 0.3) is 11.1 Å². The summed E-state index contributed by atoms with van der Waals surface area (Å²) in [6.45, 7) is 4.93. The first kappa shape index (κ1) is 18.4. The molecule has 1 aliphatic rings. The number of rotatable bonds is 5. The van der Waals surface area contributed by atoms with Crippen LogP contribution in [-0.4, -0.2) is 43.3 Å². The van der Waals surface area contributed by atoms with Gasteiger partial charge in [-0.2, -0.15) is 0 Å². The molecule has 0 unspecified atom stereocenters. The number of piperazine rings is 1. The van der Waals surface area contributed by atoms with Crippen molar-refractivity contribution in [3.8, 4) is 22.6 Å². The number of phenolic OH excluding ortho intramolecular Hbond substituents is 1. The molecule has 0 bridgehead atoms. The first-order valence-electron chi connectivity index (χ1n) is 9.72. The highest BCUT2D eigenvalue weighted by molar-refractivity contribution is 5.68. The fourth-order valence-corrected chi connectivity index (χ4v) is 3.86. The maximum Gasteiger partial charge on any atom is 0.142 e. The summed E-state index contributed by atoms with van der Waals surface area (Å²) < 4.78 is 5.52. The van der Waals surface area contributed by atoms with Gasteiger partial charge in [0.25, 0.3) is 0 Å².